The lowest BCUT2D eigenvalue weighted by molar-refractivity contribution is 1.00. The SMILES string of the molecule is Clc1ccccc1Nc1cc(-c2ccccc2)nc(NCc2ccccn2)n1. The molecule has 0 spiro atoms. The van der Waals surface area contributed by atoms with Gasteiger partial charge in [0.05, 0.1) is 28.6 Å². The first-order chi connectivity index (χ1) is 13.8. The molecule has 5 nitrogen and oxygen atoms in total. The zero-order valence-corrected chi connectivity index (χ0v) is 15.8. The number of benzene rings is 2. The molecule has 6 heteroatoms. The predicted molar refractivity (Wildman–Crippen MR) is 114 cm³/mol. The molecule has 4 rings (SSSR count). The van der Waals surface area contributed by atoms with Gasteiger partial charge < -0.3 is 10.6 Å². The highest BCUT2D eigenvalue weighted by molar-refractivity contribution is 6.33. The summed E-state index contributed by atoms with van der Waals surface area (Å²) in [6, 6.07) is 25.3. The largest absolute Gasteiger partial charge is 0.348 e. The minimum Gasteiger partial charge on any atom is -0.348 e. The van der Waals surface area contributed by atoms with E-state index in [1.165, 1.54) is 0 Å². The number of nitrogens with zero attached hydrogens (tertiary/aromatic N) is 3. The molecule has 0 radical (unpaired) electrons. The van der Waals surface area contributed by atoms with Crippen molar-refractivity contribution in [3.63, 3.8) is 0 Å². The van der Waals surface area contributed by atoms with Crippen LogP contribution in [0.4, 0.5) is 17.5 Å². The lowest BCUT2D eigenvalue weighted by Gasteiger charge is -2.12. The first kappa shape index (κ1) is 17.9. The van der Waals surface area contributed by atoms with E-state index in [9.17, 15) is 0 Å². The van der Waals surface area contributed by atoms with Crippen LogP contribution in [0.3, 0.4) is 0 Å². The minimum absolute atomic E-state index is 0.515. The number of hydrogen-bond donors (Lipinski definition) is 2. The second kappa shape index (κ2) is 8.50. The molecule has 0 atom stereocenters. The molecule has 4 aromatic rings. The molecule has 2 aromatic heterocycles. The van der Waals surface area contributed by atoms with Gasteiger partial charge in [0.2, 0.25) is 5.95 Å². The zero-order valence-electron chi connectivity index (χ0n) is 15.0. The van der Waals surface area contributed by atoms with Crippen molar-refractivity contribution in [1.82, 2.24) is 15.0 Å². The fraction of sp³-hybridized carbons (Fsp3) is 0.0455. The fourth-order valence-electron chi connectivity index (χ4n) is 2.72. The molecule has 0 amide bonds. The monoisotopic (exact) mass is 387 g/mol. The maximum atomic E-state index is 6.28. The minimum atomic E-state index is 0.515. The number of para-hydroxylation sites is 1. The highest BCUT2D eigenvalue weighted by atomic mass is 35.5. The van der Waals surface area contributed by atoms with Crippen LogP contribution in [0.25, 0.3) is 11.3 Å². The summed E-state index contributed by atoms with van der Waals surface area (Å²) >= 11 is 6.28. The van der Waals surface area contributed by atoms with Crippen LogP contribution in [-0.2, 0) is 6.54 Å². The summed E-state index contributed by atoms with van der Waals surface area (Å²) in [7, 11) is 0. The van der Waals surface area contributed by atoms with E-state index >= 15 is 0 Å². The van der Waals surface area contributed by atoms with Crippen molar-refractivity contribution in [3.8, 4) is 11.3 Å². The highest BCUT2D eigenvalue weighted by Crippen LogP contribution is 2.27. The third kappa shape index (κ3) is 4.45. The normalized spacial score (nSPS) is 10.5. The number of nitrogens with one attached hydrogen (secondary N) is 2. The van der Waals surface area contributed by atoms with Crippen LogP contribution in [0.15, 0.2) is 85.1 Å². The lowest BCUT2D eigenvalue weighted by atomic mass is 10.1. The van der Waals surface area contributed by atoms with Crippen LogP contribution >= 0.6 is 11.6 Å². The first-order valence-corrected chi connectivity index (χ1v) is 9.25. The molecule has 0 saturated heterocycles. The molecule has 28 heavy (non-hydrogen) atoms. The first-order valence-electron chi connectivity index (χ1n) is 8.88. The Labute approximate surface area is 168 Å². The summed E-state index contributed by atoms with van der Waals surface area (Å²) in [5, 5.41) is 7.17. The van der Waals surface area contributed by atoms with Gasteiger partial charge in [-0.3, -0.25) is 4.98 Å². The van der Waals surface area contributed by atoms with Crippen molar-refractivity contribution < 1.29 is 0 Å². The Bertz CT molecular complexity index is 1050. The van der Waals surface area contributed by atoms with Gasteiger partial charge in [-0.2, -0.15) is 4.98 Å². The van der Waals surface area contributed by atoms with Gasteiger partial charge in [-0.25, -0.2) is 4.98 Å². The third-order valence-electron chi connectivity index (χ3n) is 4.09. The van der Waals surface area contributed by atoms with Crippen LogP contribution in [0, 0.1) is 0 Å². The van der Waals surface area contributed by atoms with Gasteiger partial charge in [0, 0.05) is 17.8 Å². The molecular formula is C22H18ClN5. The topological polar surface area (TPSA) is 62.7 Å². The summed E-state index contributed by atoms with van der Waals surface area (Å²) < 4.78 is 0. The molecule has 0 unspecified atom stereocenters. The van der Waals surface area contributed by atoms with Crippen LogP contribution < -0.4 is 10.6 Å². The summed E-state index contributed by atoms with van der Waals surface area (Å²) in [6.07, 6.45) is 1.77. The van der Waals surface area contributed by atoms with E-state index in [0.717, 1.165) is 22.6 Å². The van der Waals surface area contributed by atoms with Crippen LogP contribution in [0.2, 0.25) is 5.02 Å². The Balaban J connectivity index is 1.65. The van der Waals surface area contributed by atoms with Crippen LogP contribution in [0.1, 0.15) is 5.69 Å². The predicted octanol–water partition coefficient (Wildman–Crippen LogP) is 5.55. The number of rotatable bonds is 6. The zero-order chi connectivity index (χ0) is 19.2. The molecule has 0 aliphatic heterocycles. The highest BCUT2D eigenvalue weighted by Gasteiger charge is 2.09. The van der Waals surface area contributed by atoms with Gasteiger partial charge in [0.25, 0.3) is 0 Å². The van der Waals surface area contributed by atoms with Gasteiger partial charge >= 0.3 is 0 Å². The van der Waals surface area contributed by atoms with E-state index in [0.29, 0.717) is 23.3 Å². The lowest BCUT2D eigenvalue weighted by Crippen LogP contribution is -2.07. The Morgan fingerprint density at radius 1 is 0.821 bits per heavy atom. The number of hydrogen-bond acceptors (Lipinski definition) is 5. The molecule has 2 aromatic carbocycles. The second-order valence-electron chi connectivity index (χ2n) is 6.11. The van der Waals surface area contributed by atoms with E-state index in [4.69, 9.17) is 11.6 Å². The maximum Gasteiger partial charge on any atom is 0.225 e. The molecule has 138 valence electrons. The van der Waals surface area contributed by atoms with Crippen LogP contribution in [-0.4, -0.2) is 15.0 Å². The van der Waals surface area contributed by atoms with E-state index in [2.05, 4.69) is 25.6 Å². The summed E-state index contributed by atoms with van der Waals surface area (Å²) in [4.78, 5) is 13.6. The van der Waals surface area contributed by atoms with Gasteiger partial charge in [-0.15, -0.1) is 0 Å². The number of halogens is 1. The molecule has 0 saturated carbocycles. The van der Waals surface area contributed by atoms with Crippen molar-refractivity contribution in [2.45, 2.75) is 6.54 Å². The molecule has 0 aliphatic carbocycles. The van der Waals surface area contributed by atoms with Crippen molar-refractivity contribution in [1.29, 1.82) is 0 Å². The number of anilines is 3. The Morgan fingerprint density at radius 2 is 1.61 bits per heavy atom. The van der Waals surface area contributed by atoms with Crippen molar-refractivity contribution in [2.24, 2.45) is 0 Å². The summed E-state index contributed by atoms with van der Waals surface area (Å²) in [5.41, 5.74) is 3.52. The average Bonchev–Trinajstić information content (AvgIpc) is 2.75. The van der Waals surface area contributed by atoms with Gasteiger partial charge in [-0.05, 0) is 24.3 Å². The third-order valence-corrected chi connectivity index (χ3v) is 4.42. The van der Waals surface area contributed by atoms with Crippen molar-refractivity contribution in [3.05, 3.63) is 95.8 Å². The molecular weight excluding hydrogens is 370 g/mol. The molecule has 2 N–H and O–H groups in total. The molecule has 0 aliphatic rings. The second-order valence-corrected chi connectivity index (χ2v) is 6.51. The molecule has 2 heterocycles. The quantitative estimate of drug-likeness (QED) is 0.454. The molecule has 0 bridgehead atoms. The Hall–Kier alpha value is -3.44. The van der Waals surface area contributed by atoms with E-state index in [1.54, 1.807) is 6.20 Å². The fourth-order valence-corrected chi connectivity index (χ4v) is 2.90. The van der Waals surface area contributed by atoms with Crippen molar-refractivity contribution in [2.75, 3.05) is 10.6 Å². The van der Waals surface area contributed by atoms with Crippen LogP contribution in [0.5, 0.6) is 0 Å². The smallest absolute Gasteiger partial charge is 0.225 e. The van der Waals surface area contributed by atoms with E-state index in [-0.39, 0.29) is 0 Å². The summed E-state index contributed by atoms with van der Waals surface area (Å²) in [6.45, 7) is 0.532. The van der Waals surface area contributed by atoms with Crippen molar-refractivity contribution >= 4 is 29.1 Å². The molecule has 0 fully saturated rings. The van der Waals surface area contributed by atoms with Gasteiger partial charge in [0.15, 0.2) is 0 Å². The van der Waals surface area contributed by atoms with Gasteiger partial charge in [-0.1, -0.05) is 60.1 Å². The Morgan fingerprint density at radius 3 is 2.39 bits per heavy atom. The van der Waals surface area contributed by atoms with E-state index < -0.39 is 0 Å². The maximum absolute atomic E-state index is 6.28. The van der Waals surface area contributed by atoms with E-state index in [1.807, 2.05) is 78.9 Å². The standard InChI is InChI=1S/C22H18ClN5/c23-18-11-4-5-12-19(18)26-21-14-20(16-8-2-1-3-9-16)27-22(28-21)25-15-17-10-6-7-13-24-17/h1-14H,15H2,(H2,25,26,27,28). The average molecular weight is 388 g/mol. The number of aromatic nitrogens is 3. The number of pyridine rings is 1. The van der Waals surface area contributed by atoms with Gasteiger partial charge in [0.1, 0.15) is 5.82 Å². The summed E-state index contributed by atoms with van der Waals surface area (Å²) in [5.74, 6) is 1.17. The Kier molecular flexibility index (Phi) is 5.45.